The first-order valence-electron chi connectivity index (χ1n) is 5.42. The number of aliphatic carboxylic acids is 1. The molecule has 19 heavy (non-hydrogen) atoms. The second-order valence-corrected chi connectivity index (χ2v) is 4.91. The van der Waals surface area contributed by atoms with E-state index in [0.717, 1.165) is 0 Å². The van der Waals surface area contributed by atoms with Crippen molar-refractivity contribution < 1.29 is 14.3 Å². The molecule has 5 heteroatoms. The first kappa shape index (κ1) is 13.8. The predicted octanol–water partition coefficient (Wildman–Crippen LogP) is 4.43. The number of halogens is 3. The van der Waals surface area contributed by atoms with E-state index < -0.39 is 11.8 Å². The van der Waals surface area contributed by atoms with Gasteiger partial charge < -0.3 is 5.11 Å². The van der Waals surface area contributed by atoms with Gasteiger partial charge in [-0.3, -0.25) is 4.79 Å². The van der Waals surface area contributed by atoms with E-state index in [1.807, 2.05) is 0 Å². The number of hydrogen-bond donors (Lipinski definition) is 1. The van der Waals surface area contributed by atoms with Crippen molar-refractivity contribution in [2.45, 2.75) is 6.42 Å². The third-order valence-electron chi connectivity index (χ3n) is 2.58. The molecular formula is C14H9Cl2FO2. The van der Waals surface area contributed by atoms with Crippen molar-refractivity contribution in [2.24, 2.45) is 0 Å². The Balaban J connectivity index is 2.47. The van der Waals surface area contributed by atoms with Gasteiger partial charge in [0.15, 0.2) is 0 Å². The van der Waals surface area contributed by atoms with Gasteiger partial charge in [0, 0.05) is 10.0 Å². The standard InChI is InChI=1S/C14H9Cl2FO2/c15-11-4-9(5-12(16)7-11)8-1-2-13(17)10(3-8)6-14(18)19/h1-5,7H,6H2,(H,18,19). The molecule has 0 aromatic heterocycles. The molecule has 1 N–H and O–H groups in total. The van der Waals surface area contributed by atoms with E-state index in [-0.39, 0.29) is 12.0 Å². The molecule has 2 rings (SSSR count). The Morgan fingerprint density at radius 2 is 1.68 bits per heavy atom. The highest BCUT2D eigenvalue weighted by atomic mass is 35.5. The van der Waals surface area contributed by atoms with Gasteiger partial charge in [0.25, 0.3) is 0 Å². The summed E-state index contributed by atoms with van der Waals surface area (Å²) in [4.78, 5) is 10.7. The van der Waals surface area contributed by atoms with Crippen LogP contribution < -0.4 is 0 Å². The Bertz CT molecular complexity index is 621. The molecule has 0 amide bonds. The van der Waals surface area contributed by atoms with Crippen LogP contribution in [-0.2, 0) is 11.2 Å². The van der Waals surface area contributed by atoms with Crippen molar-refractivity contribution in [1.29, 1.82) is 0 Å². The zero-order valence-corrected chi connectivity index (χ0v) is 11.2. The molecule has 0 atom stereocenters. The quantitative estimate of drug-likeness (QED) is 0.910. The number of carboxylic acid groups (broad SMARTS) is 1. The van der Waals surface area contributed by atoms with Crippen LogP contribution >= 0.6 is 23.2 Å². The summed E-state index contributed by atoms with van der Waals surface area (Å²) < 4.78 is 13.5. The van der Waals surface area contributed by atoms with Crippen LogP contribution in [0.5, 0.6) is 0 Å². The number of carboxylic acids is 1. The van der Waals surface area contributed by atoms with Gasteiger partial charge in [-0.15, -0.1) is 0 Å². The summed E-state index contributed by atoms with van der Waals surface area (Å²) in [6, 6.07) is 9.25. The predicted molar refractivity (Wildman–Crippen MR) is 73.2 cm³/mol. The van der Waals surface area contributed by atoms with Crippen LogP contribution in [0.4, 0.5) is 4.39 Å². The van der Waals surface area contributed by atoms with Gasteiger partial charge in [0.1, 0.15) is 5.82 Å². The van der Waals surface area contributed by atoms with Gasteiger partial charge in [0.05, 0.1) is 6.42 Å². The zero-order valence-electron chi connectivity index (χ0n) is 9.66. The van der Waals surface area contributed by atoms with E-state index in [1.54, 1.807) is 24.3 Å². The summed E-state index contributed by atoms with van der Waals surface area (Å²) in [5.41, 5.74) is 1.51. The molecule has 98 valence electrons. The molecule has 0 fully saturated rings. The average molecular weight is 299 g/mol. The van der Waals surface area contributed by atoms with Crippen LogP contribution in [0.3, 0.4) is 0 Å². The molecule has 0 saturated carbocycles. The molecule has 2 aromatic rings. The van der Waals surface area contributed by atoms with Crippen molar-refractivity contribution in [3.05, 3.63) is 57.8 Å². The Hall–Kier alpha value is -1.58. The third kappa shape index (κ3) is 3.46. The van der Waals surface area contributed by atoms with Gasteiger partial charge in [-0.25, -0.2) is 4.39 Å². The van der Waals surface area contributed by atoms with Gasteiger partial charge >= 0.3 is 5.97 Å². The molecule has 0 bridgehead atoms. The maximum atomic E-state index is 13.5. The molecule has 0 unspecified atom stereocenters. The van der Waals surface area contributed by atoms with Crippen LogP contribution in [-0.4, -0.2) is 11.1 Å². The Kier molecular flexibility index (Phi) is 4.08. The van der Waals surface area contributed by atoms with Crippen LogP contribution in [0, 0.1) is 5.82 Å². The minimum absolute atomic E-state index is 0.126. The van der Waals surface area contributed by atoms with E-state index >= 15 is 0 Å². The lowest BCUT2D eigenvalue weighted by atomic mass is 10.0. The van der Waals surface area contributed by atoms with Crippen molar-refractivity contribution in [1.82, 2.24) is 0 Å². The fourth-order valence-electron chi connectivity index (χ4n) is 1.77. The number of rotatable bonds is 3. The van der Waals surface area contributed by atoms with E-state index in [0.29, 0.717) is 21.2 Å². The lowest BCUT2D eigenvalue weighted by molar-refractivity contribution is -0.136. The molecule has 0 aliphatic carbocycles. The summed E-state index contributed by atoms with van der Waals surface area (Å²) >= 11 is 11.8. The average Bonchev–Trinajstić information content (AvgIpc) is 2.30. The van der Waals surface area contributed by atoms with E-state index in [4.69, 9.17) is 28.3 Å². The molecule has 0 spiro atoms. The number of hydrogen-bond acceptors (Lipinski definition) is 1. The van der Waals surface area contributed by atoms with Crippen LogP contribution in [0.25, 0.3) is 11.1 Å². The van der Waals surface area contributed by atoms with Gasteiger partial charge in [-0.2, -0.15) is 0 Å². The normalized spacial score (nSPS) is 10.5. The van der Waals surface area contributed by atoms with Crippen molar-refractivity contribution >= 4 is 29.2 Å². The molecule has 0 radical (unpaired) electrons. The number of benzene rings is 2. The lowest BCUT2D eigenvalue weighted by Crippen LogP contribution is -2.02. The van der Waals surface area contributed by atoms with Gasteiger partial charge in [-0.05, 0) is 47.0 Å². The number of carbonyl (C=O) groups is 1. The fraction of sp³-hybridized carbons (Fsp3) is 0.0714. The Morgan fingerprint density at radius 3 is 2.26 bits per heavy atom. The summed E-state index contributed by atoms with van der Waals surface area (Å²) in [6.07, 6.45) is -0.367. The zero-order chi connectivity index (χ0) is 14.0. The smallest absolute Gasteiger partial charge is 0.307 e. The topological polar surface area (TPSA) is 37.3 Å². The monoisotopic (exact) mass is 298 g/mol. The Labute approximate surface area is 119 Å². The molecule has 0 heterocycles. The summed E-state index contributed by atoms with van der Waals surface area (Å²) in [5.74, 6) is -1.63. The van der Waals surface area contributed by atoms with Crippen molar-refractivity contribution in [2.75, 3.05) is 0 Å². The largest absolute Gasteiger partial charge is 0.481 e. The molecule has 2 nitrogen and oxygen atoms in total. The van der Waals surface area contributed by atoms with Crippen molar-refractivity contribution in [3.8, 4) is 11.1 Å². The van der Waals surface area contributed by atoms with Gasteiger partial charge in [-0.1, -0.05) is 29.3 Å². The highest BCUT2D eigenvalue weighted by Crippen LogP contribution is 2.28. The maximum absolute atomic E-state index is 13.5. The first-order valence-corrected chi connectivity index (χ1v) is 6.18. The summed E-state index contributed by atoms with van der Waals surface area (Å²) in [6.45, 7) is 0. The minimum Gasteiger partial charge on any atom is -0.481 e. The molecule has 0 saturated heterocycles. The first-order chi connectivity index (χ1) is 8.95. The highest BCUT2D eigenvalue weighted by molar-refractivity contribution is 6.35. The second kappa shape index (κ2) is 5.59. The molecule has 0 aliphatic heterocycles. The van der Waals surface area contributed by atoms with Gasteiger partial charge in [0.2, 0.25) is 0 Å². The third-order valence-corrected chi connectivity index (χ3v) is 3.02. The second-order valence-electron chi connectivity index (χ2n) is 4.03. The molecular weight excluding hydrogens is 290 g/mol. The highest BCUT2D eigenvalue weighted by Gasteiger charge is 2.09. The SMILES string of the molecule is O=C(O)Cc1cc(-c2cc(Cl)cc(Cl)c2)ccc1F. The minimum atomic E-state index is -1.08. The molecule has 2 aromatic carbocycles. The van der Waals surface area contributed by atoms with Crippen LogP contribution in [0.1, 0.15) is 5.56 Å². The maximum Gasteiger partial charge on any atom is 0.307 e. The van der Waals surface area contributed by atoms with E-state index in [9.17, 15) is 9.18 Å². The van der Waals surface area contributed by atoms with E-state index in [2.05, 4.69) is 0 Å². The van der Waals surface area contributed by atoms with Crippen LogP contribution in [0.2, 0.25) is 10.0 Å². The Morgan fingerprint density at radius 1 is 1.05 bits per heavy atom. The fourth-order valence-corrected chi connectivity index (χ4v) is 2.30. The van der Waals surface area contributed by atoms with Crippen molar-refractivity contribution in [3.63, 3.8) is 0 Å². The summed E-state index contributed by atoms with van der Waals surface area (Å²) in [7, 11) is 0. The molecule has 0 aliphatic rings. The summed E-state index contributed by atoms with van der Waals surface area (Å²) in [5, 5.41) is 9.66. The lowest BCUT2D eigenvalue weighted by Gasteiger charge is -2.07. The van der Waals surface area contributed by atoms with Crippen LogP contribution in [0.15, 0.2) is 36.4 Å². The van der Waals surface area contributed by atoms with E-state index in [1.165, 1.54) is 12.1 Å².